The Morgan fingerprint density at radius 1 is 1.11 bits per heavy atom. The number of hydrogen-bond acceptors (Lipinski definition) is 4. The van der Waals surface area contributed by atoms with Crippen molar-refractivity contribution in [3.63, 3.8) is 0 Å². The highest BCUT2D eigenvalue weighted by molar-refractivity contribution is 7.15. The van der Waals surface area contributed by atoms with Crippen molar-refractivity contribution in [3.8, 4) is 11.4 Å². The number of rotatable bonds is 2. The predicted octanol–water partition coefficient (Wildman–Crippen LogP) is 4.32. The zero-order valence-corrected chi connectivity index (χ0v) is 16.8. The van der Waals surface area contributed by atoms with Gasteiger partial charge in [-0.05, 0) is 34.8 Å². The lowest BCUT2D eigenvalue weighted by atomic mass is 9.87. The molecule has 4 nitrogen and oxygen atoms in total. The molecule has 2 heterocycles. The van der Waals surface area contributed by atoms with Crippen molar-refractivity contribution in [1.82, 2.24) is 14.6 Å². The van der Waals surface area contributed by atoms with E-state index in [4.69, 9.17) is 11.6 Å². The van der Waals surface area contributed by atoms with E-state index in [1.807, 2.05) is 30.3 Å². The molecule has 0 atom stereocenters. The Labute approximate surface area is 165 Å². The van der Waals surface area contributed by atoms with Crippen LogP contribution in [0.25, 0.3) is 22.4 Å². The Hall–Kier alpha value is -2.50. The van der Waals surface area contributed by atoms with E-state index in [9.17, 15) is 4.79 Å². The van der Waals surface area contributed by atoms with Gasteiger partial charge in [0, 0.05) is 10.6 Å². The monoisotopic (exact) mass is 395 g/mol. The molecule has 0 unspecified atom stereocenters. The molecule has 27 heavy (non-hydrogen) atoms. The largest absolute Gasteiger partial charge is 0.291 e. The van der Waals surface area contributed by atoms with Gasteiger partial charge in [-0.3, -0.25) is 4.79 Å². The second-order valence-electron chi connectivity index (χ2n) is 7.43. The van der Waals surface area contributed by atoms with Gasteiger partial charge in [-0.2, -0.15) is 9.50 Å². The summed E-state index contributed by atoms with van der Waals surface area (Å²) in [6.45, 7) is 6.54. The first-order chi connectivity index (χ1) is 12.8. The van der Waals surface area contributed by atoms with E-state index in [0.717, 1.165) is 11.1 Å². The minimum Gasteiger partial charge on any atom is -0.266 e. The average Bonchev–Trinajstić information content (AvgIpc) is 3.15. The van der Waals surface area contributed by atoms with E-state index in [-0.39, 0.29) is 11.0 Å². The molecule has 6 heteroatoms. The van der Waals surface area contributed by atoms with Gasteiger partial charge in [0.15, 0.2) is 5.82 Å². The number of fused-ring (bicyclic) bond motifs is 1. The van der Waals surface area contributed by atoms with Gasteiger partial charge in [0.25, 0.3) is 5.56 Å². The van der Waals surface area contributed by atoms with Crippen LogP contribution in [0.15, 0.2) is 53.3 Å². The van der Waals surface area contributed by atoms with Crippen LogP contribution < -0.4 is 10.1 Å². The van der Waals surface area contributed by atoms with Gasteiger partial charge in [0.2, 0.25) is 4.96 Å². The maximum absolute atomic E-state index is 12.7. The number of benzene rings is 2. The Balaban J connectivity index is 1.73. The van der Waals surface area contributed by atoms with Crippen molar-refractivity contribution in [2.75, 3.05) is 0 Å². The van der Waals surface area contributed by atoms with Gasteiger partial charge in [0.1, 0.15) is 0 Å². The fourth-order valence-corrected chi connectivity index (χ4v) is 3.91. The van der Waals surface area contributed by atoms with Crippen LogP contribution in [0.2, 0.25) is 5.02 Å². The molecular formula is C21H18ClN3OS. The van der Waals surface area contributed by atoms with Crippen molar-refractivity contribution in [3.05, 3.63) is 79.6 Å². The van der Waals surface area contributed by atoms with Crippen molar-refractivity contribution >= 4 is 34.0 Å². The third kappa shape index (κ3) is 3.53. The van der Waals surface area contributed by atoms with Crippen LogP contribution in [0.3, 0.4) is 0 Å². The van der Waals surface area contributed by atoms with Gasteiger partial charge in [-0.25, -0.2) is 0 Å². The van der Waals surface area contributed by atoms with Crippen LogP contribution in [-0.2, 0) is 5.41 Å². The Morgan fingerprint density at radius 3 is 2.48 bits per heavy atom. The summed E-state index contributed by atoms with van der Waals surface area (Å²) in [6, 6.07) is 15.6. The SMILES string of the molecule is CC(C)(C)c1ccc(/C=c2/sc3nc(-c4cccc(Cl)c4)nn3c2=O)cc1. The molecule has 0 aliphatic rings. The molecular weight excluding hydrogens is 378 g/mol. The molecule has 136 valence electrons. The standard InChI is InChI=1S/C21H18ClN3OS/c1-21(2,3)15-9-7-13(8-10-15)11-17-19(26)25-20(27-17)23-18(24-25)14-5-4-6-16(22)12-14/h4-12H,1-3H3/b17-11+. The van der Waals surface area contributed by atoms with E-state index >= 15 is 0 Å². The molecule has 0 fully saturated rings. The fourth-order valence-electron chi connectivity index (χ4n) is 2.81. The molecule has 0 aliphatic heterocycles. The Bertz CT molecular complexity index is 1230. The summed E-state index contributed by atoms with van der Waals surface area (Å²) in [5.41, 5.74) is 2.99. The van der Waals surface area contributed by atoms with Crippen LogP contribution in [0.1, 0.15) is 31.9 Å². The van der Waals surface area contributed by atoms with Crippen LogP contribution in [0.4, 0.5) is 0 Å². The highest BCUT2D eigenvalue weighted by Crippen LogP contribution is 2.23. The van der Waals surface area contributed by atoms with E-state index in [1.54, 1.807) is 12.1 Å². The molecule has 0 aliphatic carbocycles. The van der Waals surface area contributed by atoms with Crippen LogP contribution >= 0.6 is 22.9 Å². The van der Waals surface area contributed by atoms with Gasteiger partial charge in [0.05, 0.1) is 4.53 Å². The third-order valence-electron chi connectivity index (χ3n) is 4.34. The van der Waals surface area contributed by atoms with Crippen molar-refractivity contribution in [2.45, 2.75) is 26.2 Å². The van der Waals surface area contributed by atoms with Crippen molar-refractivity contribution in [1.29, 1.82) is 0 Å². The lowest BCUT2D eigenvalue weighted by Gasteiger charge is -2.18. The van der Waals surface area contributed by atoms with E-state index in [2.05, 4.69) is 43.0 Å². The lowest BCUT2D eigenvalue weighted by molar-refractivity contribution is 0.590. The highest BCUT2D eigenvalue weighted by Gasteiger charge is 2.14. The number of aromatic nitrogens is 3. The van der Waals surface area contributed by atoms with Gasteiger partial charge in [-0.15, -0.1) is 5.10 Å². The van der Waals surface area contributed by atoms with Crippen molar-refractivity contribution in [2.24, 2.45) is 0 Å². The maximum Gasteiger partial charge on any atom is 0.291 e. The van der Waals surface area contributed by atoms with Gasteiger partial charge < -0.3 is 0 Å². The molecule has 0 saturated carbocycles. The minimum absolute atomic E-state index is 0.104. The van der Waals surface area contributed by atoms with E-state index in [0.29, 0.717) is 20.3 Å². The third-order valence-corrected chi connectivity index (χ3v) is 5.53. The first-order valence-corrected chi connectivity index (χ1v) is 9.78. The number of nitrogens with zero attached hydrogens (tertiary/aromatic N) is 3. The van der Waals surface area contributed by atoms with E-state index < -0.39 is 0 Å². The second-order valence-corrected chi connectivity index (χ2v) is 8.87. The van der Waals surface area contributed by atoms with Crippen LogP contribution in [0.5, 0.6) is 0 Å². The molecule has 0 N–H and O–H groups in total. The summed E-state index contributed by atoms with van der Waals surface area (Å²) in [4.78, 5) is 17.7. The summed E-state index contributed by atoms with van der Waals surface area (Å²) in [7, 11) is 0. The molecule has 2 aromatic carbocycles. The average molecular weight is 396 g/mol. The molecule has 0 amide bonds. The molecule has 4 rings (SSSR count). The molecule has 4 aromatic rings. The summed E-state index contributed by atoms with van der Waals surface area (Å²) in [6.07, 6.45) is 1.88. The summed E-state index contributed by atoms with van der Waals surface area (Å²) in [5, 5.41) is 4.97. The molecule has 0 bridgehead atoms. The summed E-state index contributed by atoms with van der Waals surface area (Å²) < 4.78 is 1.97. The maximum atomic E-state index is 12.7. The number of halogens is 1. The molecule has 2 aromatic heterocycles. The van der Waals surface area contributed by atoms with Crippen LogP contribution in [0, 0.1) is 0 Å². The smallest absolute Gasteiger partial charge is 0.266 e. The zero-order valence-electron chi connectivity index (χ0n) is 15.2. The Morgan fingerprint density at radius 2 is 1.85 bits per heavy atom. The van der Waals surface area contributed by atoms with Crippen molar-refractivity contribution < 1.29 is 0 Å². The predicted molar refractivity (Wildman–Crippen MR) is 112 cm³/mol. The minimum atomic E-state index is -0.157. The quantitative estimate of drug-likeness (QED) is 0.508. The highest BCUT2D eigenvalue weighted by atomic mass is 35.5. The number of thiazole rings is 1. The summed E-state index contributed by atoms with van der Waals surface area (Å²) >= 11 is 7.36. The molecule has 0 radical (unpaired) electrons. The first-order valence-electron chi connectivity index (χ1n) is 8.59. The normalized spacial score (nSPS) is 12.8. The molecule has 0 saturated heterocycles. The zero-order chi connectivity index (χ0) is 19.2. The van der Waals surface area contributed by atoms with Crippen LogP contribution in [-0.4, -0.2) is 14.6 Å². The van der Waals surface area contributed by atoms with Gasteiger partial charge in [-0.1, -0.05) is 80.1 Å². The fraction of sp³-hybridized carbons (Fsp3) is 0.190. The number of hydrogen-bond donors (Lipinski definition) is 0. The van der Waals surface area contributed by atoms with Gasteiger partial charge >= 0.3 is 0 Å². The summed E-state index contributed by atoms with van der Waals surface area (Å²) in [5.74, 6) is 0.502. The second kappa shape index (κ2) is 6.59. The lowest BCUT2D eigenvalue weighted by Crippen LogP contribution is -2.23. The van der Waals surface area contributed by atoms with E-state index in [1.165, 1.54) is 21.4 Å². The molecule has 0 spiro atoms. The first kappa shape index (κ1) is 17.9. The Kier molecular flexibility index (Phi) is 4.36. The topological polar surface area (TPSA) is 47.3 Å².